The van der Waals surface area contributed by atoms with Crippen LogP contribution in [0, 0.1) is 0 Å². The van der Waals surface area contributed by atoms with Gasteiger partial charge in [-0.05, 0) is 38.0 Å². The molecule has 0 bridgehead atoms. The number of nitrogens with zero attached hydrogens (tertiary/aromatic N) is 3. The summed E-state index contributed by atoms with van der Waals surface area (Å²) in [5.74, 6) is -2.64. The summed E-state index contributed by atoms with van der Waals surface area (Å²) >= 11 is 7.28. The molecule has 2 aromatic rings. The van der Waals surface area contributed by atoms with Crippen molar-refractivity contribution in [3.05, 3.63) is 28.0 Å². The second-order valence-electron chi connectivity index (χ2n) is 6.37. The van der Waals surface area contributed by atoms with Gasteiger partial charge in [0.05, 0.1) is 10.2 Å². The molecule has 2 amide bonds. The molecular formula is C17H20ClN3O4S2. The van der Waals surface area contributed by atoms with E-state index < -0.39 is 33.2 Å². The van der Waals surface area contributed by atoms with E-state index in [1.807, 2.05) is 17.6 Å². The molecule has 1 aliphatic heterocycles. The summed E-state index contributed by atoms with van der Waals surface area (Å²) in [6, 6.07) is 5.37. The minimum atomic E-state index is -3.85. The highest BCUT2D eigenvalue weighted by Gasteiger charge is 2.26. The predicted octanol–water partition coefficient (Wildman–Crippen LogP) is 1.84. The van der Waals surface area contributed by atoms with Crippen molar-refractivity contribution >= 4 is 54.8 Å². The predicted molar refractivity (Wildman–Crippen MR) is 106 cm³/mol. The van der Waals surface area contributed by atoms with Gasteiger partial charge in [0.15, 0.2) is 14.6 Å². The molecule has 0 N–H and O–H groups in total. The molecule has 1 aromatic heterocycles. The van der Waals surface area contributed by atoms with Gasteiger partial charge in [0.2, 0.25) is 5.91 Å². The van der Waals surface area contributed by atoms with Crippen LogP contribution in [0.1, 0.15) is 19.8 Å². The van der Waals surface area contributed by atoms with E-state index >= 15 is 0 Å². The van der Waals surface area contributed by atoms with E-state index in [1.54, 1.807) is 12.1 Å². The number of aromatic nitrogens is 1. The summed E-state index contributed by atoms with van der Waals surface area (Å²) in [4.78, 5) is 30.2. The van der Waals surface area contributed by atoms with Crippen LogP contribution in [-0.4, -0.2) is 54.3 Å². The van der Waals surface area contributed by atoms with Crippen LogP contribution in [-0.2, 0) is 26.0 Å². The van der Waals surface area contributed by atoms with Crippen molar-refractivity contribution in [2.45, 2.75) is 26.3 Å². The number of aryl methyl sites for hydroxylation is 1. The first-order chi connectivity index (χ1) is 12.8. The van der Waals surface area contributed by atoms with Gasteiger partial charge in [0, 0.05) is 24.7 Å². The molecule has 0 aliphatic carbocycles. The highest BCUT2D eigenvalue weighted by atomic mass is 35.5. The fourth-order valence-corrected chi connectivity index (χ4v) is 5.55. The Kier molecular flexibility index (Phi) is 6.02. The number of halogens is 1. The van der Waals surface area contributed by atoms with Crippen LogP contribution in [0.4, 0.5) is 0 Å². The summed E-state index contributed by atoms with van der Waals surface area (Å²) in [6.07, 6.45) is 1.76. The maximum absolute atomic E-state index is 12.2. The maximum Gasteiger partial charge on any atom is 0.263 e. The van der Waals surface area contributed by atoms with Crippen molar-refractivity contribution in [2.24, 2.45) is 4.99 Å². The second kappa shape index (κ2) is 8.12. The van der Waals surface area contributed by atoms with Crippen LogP contribution in [0.2, 0.25) is 5.02 Å². The minimum absolute atomic E-state index is 0.417. The molecule has 0 saturated carbocycles. The molecule has 27 heavy (non-hydrogen) atoms. The summed E-state index contributed by atoms with van der Waals surface area (Å²) in [5, 5.41) is 0.577. The Balaban J connectivity index is 1.79. The summed E-state index contributed by atoms with van der Waals surface area (Å²) < 4.78 is 27.1. The van der Waals surface area contributed by atoms with Crippen LogP contribution in [0.15, 0.2) is 23.2 Å². The molecule has 10 heteroatoms. The number of carbonyl (C=O) groups excluding carboxylic acids is 2. The van der Waals surface area contributed by atoms with E-state index in [0.717, 1.165) is 23.1 Å². The lowest BCUT2D eigenvalue weighted by Gasteiger charge is -2.14. The van der Waals surface area contributed by atoms with Crippen LogP contribution in [0.25, 0.3) is 10.2 Å². The Labute approximate surface area is 166 Å². The van der Waals surface area contributed by atoms with Gasteiger partial charge in [0.25, 0.3) is 5.91 Å². The standard InChI is InChI=1S/C17H20ClN3O4S2/c1-2-21-13-6-5-12(18)9-14(13)26-17(21)19-15(22)10-27(24,25)11-16(23)20-7-3-4-8-20/h5-6,9H,2-4,7-8,10-11H2,1H3. The number of hydrogen-bond donors (Lipinski definition) is 0. The number of sulfone groups is 1. The monoisotopic (exact) mass is 429 g/mol. The van der Waals surface area contributed by atoms with Crippen molar-refractivity contribution in [1.29, 1.82) is 0 Å². The van der Waals surface area contributed by atoms with Gasteiger partial charge in [-0.25, -0.2) is 8.42 Å². The van der Waals surface area contributed by atoms with Gasteiger partial charge in [0.1, 0.15) is 11.5 Å². The zero-order valence-corrected chi connectivity index (χ0v) is 17.2. The normalized spacial score (nSPS) is 15.6. The van der Waals surface area contributed by atoms with Crippen LogP contribution < -0.4 is 4.80 Å². The molecule has 0 unspecified atom stereocenters. The van der Waals surface area contributed by atoms with Gasteiger partial charge >= 0.3 is 0 Å². The molecule has 1 aliphatic rings. The van der Waals surface area contributed by atoms with Crippen molar-refractivity contribution in [3.63, 3.8) is 0 Å². The molecule has 0 radical (unpaired) electrons. The molecule has 146 valence electrons. The molecule has 1 aromatic carbocycles. The molecule has 0 spiro atoms. The SMILES string of the molecule is CCn1c(=NC(=O)CS(=O)(=O)CC(=O)N2CCCC2)sc2cc(Cl)ccc21. The number of carbonyl (C=O) groups is 2. The number of benzene rings is 1. The molecule has 3 rings (SSSR count). The number of rotatable bonds is 5. The first-order valence-corrected chi connectivity index (χ1v) is 11.7. The first-order valence-electron chi connectivity index (χ1n) is 8.64. The van der Waals surface area contributed by atoms with Gasteiger partial charge in [-0.2, -0.15) is 4.99 Å². The largest absolute Gasteiger partial charge is 0.342 e. The second-order valence-corrected chi connectivity index (χ2v) is 9.88. The molecule has 7 nitrogen and oxygen atoms in total. The molecule has 1 saturated heterocycles. The average molecular weight is 430 g/mol. The Morgan fingerprint density at radius 2 is 1.93 bits per heavy atom. The van der Waals surface area contributed by atoms with Crippen molar-refractivity contribution < 1.29 is 18.0 Å². The average Bonchev–Trinajstić information content (AvgIpc) is 3.20. The molecular weight excluding hydrogens is 410 g/mol. The lowest BCUT2D eigenvalue weighted by molar-refractivity contribution is -0.127. The highest BCUT2D eigenvalue weighted by Crippen LogP contribution is 2.21. The van der Waals surface area contributed by atoms with E-state index in [-0.39, 0.29) is 0 Å². The van der Waals surface area contributed by atoms with Gasteiger partial charge in [-0.3, -0.25) is 9.59 Å². The topological polar surface area (TPSA) is 88.8 Å². The first kappa shape index (κ1) is 20.0. The Bertz CT molecular complexity index is 1050. The van der Waals surface area contributed by atoms with E-state index in [9.17, 15) is 18.0 Å². The molecule has 0 atom stereocenters. The van der Waals surface area contributed by atoms with Crippen molar-refractivity contribution in [2.75, 3.05) is 24.6 Å². The number of fused-ring (bicyclic) bond motifs is 1. The summed E-state index contributed by atoms with van der Waals surface area (Å²) in [5.41, 5.74) is 0.880. The zero-order valence-electron chi connectivity index (χ0n) is 14.9. The van der Waals surface area contributed by atoms with Crippen LogP contribution >= 0.6 is 22.9 Å². The van der Waals surface area contributed by atoms with Crippen LogP contribution in [0.3, 0.4) is 0 Å². The van der Waals surface area contributed by atoms with Crippen molar-refractivity contribution in [3.8, 4) is 0 Å². The smallest absolute Gasteiger partial charge is 0.263 e. The van der Waals surface area contributed by atoms with E-state index in [0.29, 0.717) is 29.5 Å². The fourth-order valence-electron chi connectivity index (χ4n) is 3.06. The maximum atomic E-state index is 12.2. The third-order valence-corrected chi connectivity index (χ3v) is 6.98. The Hall–Kier alpha value is -1.71. The summed E-state index contributed by atoms with van der Waals surface area (Å²) in [6.45, 7) is 3.64. The third-order valence-electron chi connectivity index (χ3n) is 4.33. The van der Waals surface area contributed by atoms with Gasteiger partial charge in [-0.15, -0.1) is 0 Å². The van der Waals surface area contributed by atoms with Crippen LogP contribution in [0.5, 0.6) is 0 Å². The number of hydrogen-bond acceptors (Lipinski definition) is 5. The van der Waals surface area contributed by atoms with E-state index in [4.69, 9.17) is 11.6 Å². The van der Waals surface area contributed by atoms with E-state index in [1.165, 1.54) is 16.2 Å². The number of likely N-dealkylation sites (tertiary alicyclic amines) is 1. The fraction of sp³-hybridized carbons (Fsp3) is 0.471. The number of amides is 2. The molecule has 2 heterocycles. The summed E-state index contributed by atoms with van der Waals surface area (Å²) in [7, 11) is -3.85. The van der Waals surface area contributed by atoms with Gasteiger partial charge < -0.3 is 9.47 Å². The zero-order chi connectivity index (χ0) is 19.6. The number of thiazole rings is 1. The lowest BCUT2D eigenvalue weighted by atomic mass is 10.3. The molecule has 1 fully saturated rings. The minimum Gasteiger partial charge on any atom is -0.342 e. The highest BCUT2D eigenvalue weighted by molar-refractivity contribution is 7.92. The third kappa shape index (κ3) is 4.77. The Morgan fingerprint density at radius 3 is 2.59 bits per heavy atom. The van der Waals surface area contributed by atoms with Gasteiger partial charge in [-0.1, -0.05) is 22.9 Å². The van der Waals surface area contributed by atoms with Crippen molar-refractivity contribution in [1.82, 2.24) is 9.47 Å². The quantitative estimate of drug-likeness (QED) is 0.725. The lowest BCUT2D eigenvalue weighted by Crippen LogP contribution is -2.35. The Morgan fingerprint density at radius 1 is 1.22 bits per heavy atom. The van der Waals surface area contributed by atoms with E-state index in [2.05, 4.69) is 4.99 Å².